The molecule has 144 valence electrons. The van der Waals surface area contributed by atoms with Crippen LogP contribution >= 0.6 is 0 Å². The molecule has 1 aromatic carbocycles. The van der Waals surface area contributed by atoms with Gasteiger partial charge >= 0.3 is 6.18 Å². The topological polar surface area (TPSA) is 77.3 Å². The number of halogens is 3. The average molecular weight is 378 g/mol. The summed E-state index contributed by atoms with van der Waals surface area (Å²) >= 11 is 0. The Labute approximate surface area is 155 Å². The maximum absolute atomic E-state index is 13.1. The standard InChI is InChI=1S/C19H21F3N4O/c1-18(10-16(25-26-18)12-5-3-2-4-6-12)17(27)24-14-8-7-13(11-23)15(9-14)19(20,21)22/h7-9,12,26H,2-6,10H2,1H3,(H,24,27). The summed E-state index contributed by atoms with van der Waals surface area (Å²) < 4.78 is 39.3. The van der Waals surface area contributed by atoms with Crippen LogP contribution in [0.2, 0.25) is 0 Å². The number of nitriles is 1. The highest BCUT2D eigenvalue weighted by Gasteiger charge is 2.41. The van der Waals surface area contributed by atoms with Crippen LogP contribution < -0.4 is 10.7 Å². The number of benzene rings is 1. The quantitative estimate of drug-likeness (QED) is 0.827. The van der Waals surface area contributed by atoms with Gasteiger partial charge in [0.15, 0.2) is 0 Å². The molecule has 0 saturated heterocycles. The van der Waals surface area contributed by atoms with Gasteiger partial charge in [0.2, 0.25) is 0 Å². The number of nitrogens with zero attached hydrogens (tertiary/aromatic N) is 2. The Morgan fingerprint density at radius 1 is 1.33 bits per heavy atom. The maximum Gasteiger partial charge on any atom is 0.417 e. The molecule has 1 fully saturated rings. The van der Waals surface area contributed by atoms with Crippen molar-refractivity contribution in [3.05, 3.63) is 29.3 Å². The highest BCUT2D eigenvalue weighted by molar-refractivity contribution is 6.03. The molecule has 0 spiro atoms. The van der Waals surface area contributed by atoms with Crippen molar-refractivity contribution in [2.24, 2.45) is 11.0 Å². The van der Waals surface area contributed by atoms with Gasteiger partial charge in [0.25, 0.3) is 5.91 Å². The van der Waals surface area contributed by atoms with Crippen LogP contribution in [-0.2, 0) is 11.0 Å². The van der Waals surface area contributed by atoms with Crippen LogP contribution in [0.4, 0.5) is 18.9 Å². The van der Waals surface area contributed by atoms with E-state index in [4.69, 9.17) is 5.26 Å². The van der Waals surface area contributed by atoms with Gasteiger partial charge in [-0.05, 0) is 43.9 Å². The van der Waals surface area contributed by atoms with Crippen molar-refractivity contribution in [3.8, 4) is 6.07 Å². The Kier molecular flexibility index (Phi) is 5.13. The number of hydrogen-bond donors (Lipinski definition) is 2. The molecular weight excluding hydrogens is 357 g/mol. The minimum Gasteiger partial charge on any atom is -0.324 e. The lowest BCUT2D eigenvalue weighted by Crippen LogP contribution is -2.48. The largest absolute Gasteiger partial charge is 0.417 e. The number of anilines is 1. The first-order valence-electron chi connectivity index (χ1n) is 8.99. The van der Waals surface area contributed by atoms with E-state index in [2.05, 4.69) is 15.8 Å². The highest BCUT2D eigenvalue weighted by atomic mass is 19.4. The van der Waals surface area contributed by atoms with Crippen molar-refractivity contribution >= 4 is 17.3 Å². The van der Waals surface area contributed by atoms with Crippen molar-refractivity contribution in [2.45, 2.75) is 57.2 Å². The first-order chi connectivity index (χ1) is 12.7. The third-order valence-electron chi connectivity index (χ3n) is 5.26. The van der Waals surface area contributed by atoms with Crippen LogP contribution in [0, 0.1) is 17.2 Å². The Morgan fingerprint density at radius 3 is 2.67 bits per heavy atom. The third-order valence-corrected chi connectivity index (χ3v) is 5.26. The monoisotopic (exact) mass is 378 g/mol. The first kappa shape index (κ1) is 19.2. The van der Waals surface area contributed by atoms with E-state index in [1.165, 1.54) is 18.6 Å². The lowest BCUT2D eigenvalue weighted by molar-refractivity contribution is -0.137. The molecule has 27 heavy (non-hydrogen) atoms. The third kappa shape index (κ3) is 4.07. The first-order valence-corrected chi connectivity index (χ1v) is 8.99. The van der Waals surface area contributed by atoms with E-state index < -0.39 is 28.7 Å². The molecule has 8 heteroatoms. The van der Waals surface area contributed by atoms with E-state index in [0.717, 1.165) is 43.5 Å². The summed E-state index contributed by atoms with van der Waals surface area (Å²) in [6, 6.07) is 4.67. The summed E-state index contributed by atoms with van der Waals surface area (Å²) in [5, 5.41) is 15.7. The smallest absolute Gasteiger partial charge is 0.324 e. The number of nitrogens with one attached hydrogen (secondary N) is 2. The summed E-state index contributed by atoms with van der Waals surface area (Å²) in [7, 11) is 0. The van der Waals surface area contributed by atoms with Gasteiger partial charge in [-0.2, -0.15) is 23.5 Å². The Morgan fingerprint density at radius 2 is 2.04 bits per heavy atom. The molecule has 1 aliphatic carbocycles. The van der Waals surface area contributed by atoms with E-state index >= 15 is 0 Å². The van der Waals surface area contributed by atoms with Crippen LogP contribution in [0.5, 0.6) is 0 Å². The van der Waals surface area contributed by atoms with Gasteiger partial charge in [-0.25, -0.2) is 0 Å². The zero-order valence-electron chi connectivity index (χ0n) is 15.0. The maximum atomic E-state index is 13.1. The predicted octanol–water partition coefficient (Wildman–Crippen LogP) is 4.20. The van der Waals surface area contributed by atoms with Gasteiger partial charge in [-0.1, -0.05) is 19.3 Å². The number of hydrogen-bond acceptors (Lipinski definition) is 4. The predicted molar refractivity (Wildman–Crippen MR) is 95.0 cm³/mol. The number of carbonyl (C=O) groups excluding carboxylic acids is 1. The fourth-order valence-electron chi connectivity index (χ4n) is 3.66. The van der Waals surface area contributed by atoms with Crippen LogP contribution in [0.15, 0.2) is 23.3 Å². The summed E-state index contributed by atoms with van der Waals surface area (Å²) in [6.07, 6.45) is 1.40. The molecule has 3 rings (SSSR count). The Balaban J connectivity index is 1.71. The summed E-state index contributed by atoms with van der Waals surface area (Å²) in [5.41, 5.74) is 1.29. The second-order valence-corrected chi connectivity index (χ2v) is 7.38. The van der Waals surface area contributed by atoms with Crippen molar-refractivity contribution in [2.75, 3.05) is 5.32 Å². The van der Waals surface area contributed by atoms with E-state index in [-0.39, 0.29) is 5.69 Å². The molecule has 2 N–H and O–H groups in total. The molecular formula is C19H21F3N4O. The number of alkyl halides is 3. The van der Waals surface area contributed by atoms with E-state index in [0.29, 0.717) is 12.3 Å². The lowest BCUT2D eigenvalue weighted by atomic mass is 9.81. The van der Waals surface area contributed by atoms with Gasteiger partial charge in [-0.3, -0.25) is 10.2 Å². The zero-order valence-corrected chi connectivity index (χ0v) is 15.0. The molecule has 1 saturated carbocycles. The van der Waals surface area contributed by atoms with E-state index in [1.54, 1.807) is 6.92 Å². The molecule has 0 bridgehead atoms. The Bertz CT molecular complexity index is 806. The average Bonchev–Trinajstić information content (AvgIpc) is 3.05. The second-order valence-electron chi connectivity index (χ2n) is 7.38. The van der Waals surface area contributed by atoms with Gasteiger partial charge < -0.3 is 5.32 Å². The van der Waals surface area contributed by atoms with Crippen LogP contribution in [0.25, 0.3) is 0 Å². The summed E-state index contributed by atoms with van der Waals surface area (Å²) in [6.45, 7) is 1.69. The normalized spacial score (nSPS) is 23.3. The molecule has 1 unspecified atom stereocenters. The number of hydrazone groups is 1. The molecule has 0 radical (unpaired) electrons. The minimum absolute atomic E-state index is 0.000432. The van der Waals surface area contributed by atoms with Crippen LogP contribution in [0.3, 0.4) is 0 Å². The fourth-order valence-corrected chi connectivity index (χ4v) is 3.66. The van der Waals surface area contributed by atoms with Crippen molar-refractivity contribution < 1.29 is 18.0 Å². The molecule has 5 nitrogen and oxygen atoms in total. The molecule has 1 aromatic rings. The fraction of sp³-hybridized carbons (Fsp3) is 0.526. The van der Waals surface area contributed by atoms with Gasteiger partial charge in [0.1, 0.15) is 5.54 Å². The van der Waals surface area contributed by atoms with Gasteiger partial charge in [0, 0.05) is 17.8 Å². The molecule has 1 amide bonds. The summed E-state index contributed by atoms with van der Waals surface area (Å²) in [4.78, 5) is 12.7. The van der Waals surface area contributed by atoms with Crippen LogP contribution in [0.1, 0.15) is 56.6 Å². The highest BCUT2D eigenvalue weighted by Crippen LogP contribution is 2.34. The Hall–Kier alpha value is -2.56. The zero-order chi connectivity index (χ0) is 19.7. The second kappa shape index (κ2) is 7.22. The van der Waals surface area contributed by atoms with Crippen molar-refractivity contribution in [1.29, 1.82) is 5.26 Å². The van der Waals surface area contributed by atoms with Gasteiger partial charge in [0.05, 0.1) is 17.2 Å². The summed E-state index contributed by atoms with van der Waals surface area (Å²) in [5.74, 6) is -0.0810. The number of carbonyl (C=O) groups is 1. The van der Waals surface area contributed by atoms with Crippen molar-refractivity contribution in [3.63, 3.8) is 0 Å². The molecule has 0 aromatic heterocycles. The number of amides is 1. The minimum atomic E-state index is -4.67. The molecule has 1 aliphatic heterocycles. The van der Waals surface area contributed by atoms with Gasteiger partial charge in [-0.15, -0.1) is 0 Å². The van der Waals surface area contributed by atoms with E-state index in [1.807, 2.05) is 0 Å². The van der Waals surface area contributed by atoms with E-state index in [9.17, 15) is 18.0 Å². The molecule has 1 atom stereocenters. The van der Waals surface area contributed by atoms with Crippen molar-refractivity contribution in [1.82, 2.24) is 5.43 Å². The number of rotatable bonds is 3. The van der Waals surface area contributed by atoms with Crippen LogP contribution in [-0.4, -0.2) is 17.2 Å². The lowest BCUT2D eigenvalue weighted by Gasteiger charge is -2.25. The SMILES string of the molecule is CC1(C(=O)Nc2ccc(C#N)c(C(F)(F)F)c2)CC(C2CCCCC2)=NN1. The molecule has 1 heterocycles. The molecule has 2 aliphatic rings.